The van der Waals surface area contributed by atoms with Crippen molar-refractivity contribution in [2.45, 2.75) is 13.3 Å². The number of carbonyl (C=O) groups excluding carboxylic acids is 1. The van der Waals surface area contributed by atoms with Gasteiger partial charge in [0.25, 0.3) is 0 Å². The van der Waals surface area contributed by atoms with Crippen LogP contribution in [0.4, 0.5) is 0 Å². The fraction of sp³-hybridized carbons (Fsp3) is 0.636. The van der Waals surface area contributed by atoms with Gasteiger partial charge in [0.05, 0.1) is 13.2 Å². The molecular formula is C11H18N2O2. The minimum Gasteiger partial charge on any atom is -0.378 e. The van der Waals surface area contributed by atoms with Gasteiger partial charge in [0.1, 0.15) is 11.6 Å². The van der Waals surface area contributed by atoms with Crippen molar-refractivity contribution in [1.29, 1.82) is 0 Å². The summed E-state index contributed by atoms with van der Waals surface area (Å²) in [5, 5.41) is 0. The Morgan fingerprint density at radius 1 is 1.47 bits per heavy atom. The number of carbonyl (C=O) groups is 1. The van der Waals surface area contributed by atoms with Gasteiger partial charge in [-0.05, 0) is 13.0 Å². The quantitative estimate of drug-likeness (QED) is 0.513. The molecule has 1 aliphatic heterocycles. The first kappa shape index (κ1) is 11.9. The molecule has 4 nitrogen and oxygen atoms in total. The third-order valence-electron chi connectivity index (χ3n) is 2.24. The molecule has 1 aliphatic rings. The molecule has 0 amide bonds. The Labute approximate surface area is 90.6 Å². The second-order valence-electron chi connectivity index (χ2n) is 3.49. The molecule has 0 unspecified atom stereocenters. The third kappa shape index (κ3) is 4.25. The van der Waals surface area contributed by atoms with Gasteiger partial charge < -0.3 is 9.64 Å². The van der Waals surface area contributed by atoms with Gasteiger partial charge in [-0.3, -0.25) is 9.79 Å². The molecule has 0 spiro atoms. The standard InChI is InChI=1S/C11H18N2O2/c1-10(14)4-3-5-11(12-2)13-6-8-15-9-7-13/h3,5H,4,6-9H2,1-2H3/b5-3-,12-11+. The van der Waals surface area contributed by atoms with Crippen LogP contribution in [-0.4, -0.2) is 49.9 Å². The van der Waals surface area contributed by atoms with Crippen LogP contribution in [0.5, 0.6) is 0 Å². The average Bonchev–Trinajstić information content (AvgIpc) is 2.25. The number of ether oxygens (including phenoxy) is 1. The van der Waals surface area contributed by atoms with Gasteiger partial charge in [0.15, 0.2) is 0 Å². The minimum absolute atomic E-state index is 0.170. The van der Waals surface area contributed by atoms with Crippen LogP contribution < -0.4 is 0 Å². The van der Waals surface area contributed by atoms with E-state index >= 15 is 0 Å². The molecular weight excluding hydrogens is 192 g/mol. The van der Waals surface area contributed by atoms with Gasteiger partial charge in [-0.1, -0.05) is 6.08 Å². The van der Waals surface area contributed by atoms with Crippen LogP contribution in [0.25, 0.3) is 0 Å². The number of ketones is 1. The molecule has 84 valence electrons. The molecule has 0 saturated carbocycles. The first-order valence-electron chi connectivity index (χ1n) is 5.19. The zero-order valence-corrected chi connectivity index (χ0v) is 9.40. The van der Waals surface area contributed by atoms with Gasteiger partial charge >= 0.3 is 0 Å². The number of rotatable bonds is 3. The smallest absolute Gasteiger partial charge is 0.133 e. The monoisotopic (exact) mass is 210 g/mol. The average molecular weight is 210 g/mol. The molecule has 0 aromatic rings. The van der Waals surface area contributed by atoms with E-state index in [1.807, 2.05) is 12.2 Å². The van der Waals surface area contributed by atoms with E-state index in [-0.39, 0.29) is 5.78 Å². The van der Waals surface area contributed by atoms with E-state index in [0.717, 1.165) is 32.1 Å². The molecule has 0 aromatic carbocycles. The van der Waals surface area contributed by atoms with E-state index in [2.05, 4.69) is 9.89 Å². The van der Waals surface area contributed by atoms with Gasteiger partial charge in [-0.25, -0.2) is 0 Å². The van der Waals surface area contributed by atoms with Crippen LogP contribution in [0.2, 0.25) is 0 Å². The van der Waals surface area contributed by atoms with Crippen molar-refractivity contribution in [2.24, 2.45) is 4.99 Å². The normalized spacial score (nSPS) is 18.5. The summed E-state index contributed by atoms with van der Waals surface area (Å²) in [6.07, 6.45) is 4.25. The summed E-state index contributed by atoms with van der Waals surface area (Å²) in [5.74, 6) is 1.10. The summed E-state index contributed by atoms with van der Waals surface area (Å²) in [6.45, 7) is 4.83. The Bertz CT molecular complexity index is 266. The summed E-state index contributed by atoms with van der Waals surface area (Å²) in [6, 6.07) is 0. The largest absolute Gasteiger partial charge is 0.378 e. The molecule has 1 heterocycles. The topological polar surface area (TPSA) is 41.9 Å². The van der Waals surface area contributed by atoms with Crippen molar-refractivity contribution in [2.75, 3.05) is 33.4 Å². The molecule has 1 saturated heterocycles. The fourth-order valence-corrected chi connectivity index (χ4v) is 1.44. The second kappa shape index (κ2) is 6.35. The first-order chi connectivity index (χ1) is 7.24. The van der Waals surface area contributed by atoms with Crippen molar-refractivity contribution in [3.63, 3.8) is 0 Å². The lowest BCUT2D eigenvalue weighted by molar-refractivity contribution is -0.116. The van der Waals surface area contributed by atoms with Crippen LogP contribution in [-0.2, 0) is 9.53 Å². The molecule has 0 atom stereocenters. The molecule has 4 heteroatoms. The molecule has 0 aliphatic carbocycles. The summed E-state index contributed by atoms with van der Waals surface area (Å²) < 4.78 is 5.26. The van der Waals surface area contributed by atoms with Crippen molar-refractivity contribution in [3.8, 4) is 0 Å². The Kier molecular flexibility index (Phi) is 5.04. The number of allylic oxidation sites excluding steroid dienone is 1. The first-order valence-corrected chi connectivity index (χ1v) is 5.19. The van der Waals surface area contributed by atoms with Crippen LogP contribution in [0.1, 0.15) is 13.3 Å². The lowest BCUT2D eigenvalue weighted by atomic mass is 10.2. The highest BCUT2D eigenvalue weighted by Gasteiger charge is 2.11. The van der Waals surface area contributed by atoms with Crippen LogP contribution in [0.3, 0.4) is 0 Å². The highest BCUT2D eigenvalue weighted by molar-refractivity contribution is 5.93. The Morgan fingerprint density at radius 3 is 2.67 bits per heavy atom. The SMILES string of the molecule is C/N=C(\C=C/CC(C)=O)N1CCOCC1. The number of hydrogen-bond donors (Lipinski definition) is 0. The fourth-order valence-electron chi connectivity index (χ4n) is 1.44. The predicted molar refractivity (Wildman–Crippen MR) is 60.2 cm³/mol. The van der Waals surface area contributed by atoms with E-state index in [0.29, 0.717) is 6.42 Å². The highest BCUT2D eigenvalue weighted by Crippen LogP contribution is 2.00. The van der Waals surface area contributed by atoms with Crippen molar-refractivity contribution in [3.05, 3.63) is 12.2 Å². The summed E-state index contributed by atoms with van der Waals surface area (Å²) in [7, 11) is 1.77. The number of hydrogen-bond acceptors (Lipinski definition) is 3. The Hall–Kier alpha value is -1.16. The molecule has 0 aromatic heterocycles. The van der Waals surface area contributed by atoms with E-state index in [1.165, 1.54) is 0 Å². The maximum Gasteiger partial charge on any atom is 0.133 e. The van der Waals surface area contributed by atoms with Crippen LogP contribution in [0.15, 0.2) is 17.1 Å². The van der Waals surface area contributed by atoms with Crippen LogP contribution in [0, 0.1) is 0 Å². The number of Topliss-reactive ketones (excluding diaryl/α,β-unsaturated/α-hetero) is 1. The van der Waals surface area contributed by atoms with E-state index in [9.17, 15) is 4.79 Å². The second-order valence-corrected chi connectivity index (χ2v) is 3.49. The van der Waals surface area contributed by atoms with E-state index in [4.69, 9.17) is 4.74 Å². The number of morpholine rings is 1. The Morgan fingerprint density at radius 2 is 2.13 bits per heavy atom. The number of nitrogens with zero attached hydrogens (tertiary/aromatic N) is 2. The van der Waals surface area contributed by atoms with Gasteiger partial charge in [0, 0.05) is 26.6 Å². The predicted octanol–water partition coefficient (Wildman–Crippen LogP) is 0.882. The molecule has 1 rings (SSSR count). The summed E-state index contributed by atoms with van der Waals surface area (Å²) >= 11 is 0. The van der Waals surface area contributed by atoms with Crippen LogP contribution >= 0.6 is 0 Å². The lowest BCUT2D eigenvalue weighted by Gasteiger charge is -2.28. The van der Waals surface area contributed by atoms with Crippen molar-refractivity contribution in [1.82, 2.24) is 4.90 Å². The zero-order chi connectivity index (χ0) is 11.1. The highest BCUT2D eigenvalue weighted by atomic mass is 16.5. The zero-order valence-electron chi connectivity index (χ0n) is 9.40. The minimum atomic E-state index is 0.170. The number of amidine groups is 1. The Balaban J connectivity index is 2.48. The van der Waals surface area contributed by atoms with Gasteiger partial charge in [-0.2, -0.15) is 0 Å². The van der Waals surface area contributed by atoms with E-state index in [1.54, 1.807) is 14.0 Å². The molecule has 0 bridgehead atoms. The molecule has 0 radical (unpaired) electrons. The van der Waals surface area contributed by atoms with Crippen molar-refractivity contribution >= 4 is 11.6 Å². The lowest BCUT2D eigenvalue weighted by Crippen LogP contribution is -2.39. The maximum absolute atomic E-state index is 10.8. The van der Waals surface area contributed by atoms with Crippen molar-refractivity contribution < 1.29 is 9.53 Å². The maximum atomic E-state index is 10.8. The molecule has 15 heavy (non-hydrogen) atoms. The van der Waals surface area contributed by atoms with Gasteiger partial charge in [-0.15, -0.1) is 0 Å². The summed E-state index contributed by atoms with van der Waals surface area (Å²) in [5.41, 5.74) is 0. The molecule has 0 N–H and O–H groups in total. The molecule has 1 fully saturated rings. The number of aliphatic imine (C=N–C) groups is 1. The van der Waals surface area contributed by atoms with Gasteiger partial charge in [0.2, 0.25) is 0 Å². The third-order valence-corrected chi connectivity index (χ3v) is 2.24. The summed E-state index contributed by atoms with van der Waals surface area (Å²) in [4.78, 5) is 17.1. The van der Waals surface area contributed by atoms with E-state index < -0.39 is 0 Å².